The molecule has 0 fully saturated rings. The van der Waals surface area contributed by atoms with Gasteiger partial charge < -0.3 is 10.3 Å². The molecule has 0 saturated carbocycles. The number of benzene rings is 1. The van der Waals surface area contributed by atoms with Gasteiger partial charge in [-0.2, -0.15) is 0 Å². The van der Waals surface area contributed by atoms with Gasteiger partial charge in [-0.25, -0.2) is 13.1 Å². The molecule has 0 amide bonds. The molecule has 1 aromatic heterocycles. The van der Waals surface area contributed by atoms with Crippen LogP contribution in [0, 0.1) is 6.92 Å². The third kappa shape index (κ3) is 3.60. The van der Waals surface area contributed by atoms with E-state index in [2.05, 4.69) is 30.8 Å². The number of anilines is 1. The molecule has 0 saturated heterocycles. The first-order valence-corrected chi connectivity index (χ1v) is 8.47. The Morgan fingerprint density at radius 3 is 2.76 bits per heavy atom. The first-order valence-electron chi connectivity index (χ1n) is 6.19. The van der Waals surface area contributed by atoms with Crippen molar-refractivity contribution in [3.05, 3.63) is 34.3 Å². The lowest BCUT2D eigenvalue weighted by molar-refractivity contribution is 0.579. The molecule has 1 heterocycles. The molecule has 2 rings (SSSR count). The van der Waals surface area contributed by atoms with Gasteiger partial charge in [0.15, 0.2) is 0 Å². The van der Waals surface area contributed by atoms with Gasteiger partial charge in [-0.3, -0.25) is 0 Å². The molecule has 0 unspecified atom stereocenters. The van der Waals surface area contributed by atoms with E-state index in [1.807, 2.05) is 7.05 Å². The molecule has 114 valence electrons. The average molecular weight is 374 g/mol. The van der Waals surface area contributed by atoms with Gasteiger partial charge in [0.2, 0.25) is 10.0 Å². The number of nitrogens with one attached hydrogen (secondary N) is 1. The van der Waals surface area contributed by atoms with Gasteiger partial charge in [0.25, 0.3) is 0 Å². The second kappa shape index (κ2) is 6.12. The van der Waals surface area contributed by atoms with Gasteiger partial charge in [0.1, 0.15) is 12.2 Å². The van der Waals surface area contributed by atoms with Crippen LogP contribution in [0.15, 0.2) is 27.8 Å². The van der Waals surface area contributed by atoms with Crippen molar-refractivity contribution < 1.29 is 8.42 Å². The summed E-state index contributed by atoms with van der Waals surface area (Å²) in [7, 11) is -1.81. The van der Waals surface area contributed by atoms with E-state index in [0.29, 0.717) is 28.0 Å². The molecule has 0 radical (unpaired) electrons. The molecule has 3 N–H and O–H groups in total. The van der Waals surface area contributed by atoms with E-state index in [1.54, 1.807) is 23.9 Å². The van der Waals surface area contributed by atoms with Crippen molar-refractivity contribution in [3.8, 4) is 0 Å². The highest BCUT2D eigenvalue weighted by Gasteiger charge is 2.18. The Bertz CT molecular complexity index is 757. The standard InChI is InChI=1S/C12H16BrN5O2S/c1-8-10(14)5-9(13)6-11(8)21(19,20)16-4-3-12-17-15-7-18(12)2/h5-7,16H,3-4,14H2,1-2H3. The van der Waals surface area contributed by atoms with Crippen molar-refractivity contribution in [1.29, 1.82) is 0 Å². The predicted molar refractivity (Wildman–Crippen MR) is 83.2 cm³/mol. The zero-order valence-corrected chi connectivity index (χ0v) is 14.1. The molecule has 0 atom stereocenters. The fraction of sp³-hybridized carbons (Fsp3) is 0.333. The van der Waals surface area contributed by atoms with Gasteiger partial charge >= 0.3 is 0 Å². The van der Waals surface area contributed by atoms with Crippen LogP contribution in [0.25, 0.3) is 0 Å². The van der Waals surface area contributed by atoms with Gasteiger partial charge in [-0.15, -0.1) is 10.2 Å². The molecule has 0 spiro atoms. The van der Waals surface area contributed by atoms with Gasteiger partial charge in [0, 0.05) is 30.2 Å². The van der Waals surface area contributed by atoms with Crippen molar-refractivity contribution in [2.24, 2.45) is 7.05 Å². The highest BCUT2D eigenvalue weighted by atomic mass is 79.9. The quantitative estimate of drug-likeness (QED) is 0.760. The number of nitrogens with zero attached hydrogens (tertiary/aromatic N) is 3. The van der Waals surface area contributed by atoms with Crippen molar-refractivity contribution in [2.75, 3.05) is 12.3 Å². The van der Waals surface area contributed by atoms with Crippen LogP contribution in [0.4, 0.5) is 5.69 Å². The Balaban J connectivity index is 2.14. The fourth-order valence-electron chi connectivity index (χ4n) is 1.86. The van der Waals surface area contributed by atoms with Crippen LogP contribution < -0.4 is 10.5 Å². The molecule has 2 aromatic rings. The summed E-state index contributed by atoms with van der Waals surface area (Å²) in [5.74, 6) is 0.711. The summed E-state index contributed by atoms with van der Waals surface area (Å²) in [6.07, 6.45) is 2.03. The van der Waals surface area contributed by atoms with Gasteiger partial charge in [-0.05, 0) is 24.6 Å². The minimum absolute atomic E-state index is 0.173. The third-order valence-electron chi connectivity index (χ3n) is 3.10. The number of aryl methyl sites for hydroxylation is 1. The van der Waals surface area contributed by atoms with E-state index < -0.39 is 10.0 Å². The maximum absolute atomic E-state index is 12.3. The van der Waals surface area contributed by atoms with Gasteiger partial charge in [0.05, 0.1) is 4.90 Å². The van der Waals surface area contributed by atoms with Crippen LogP contribution >= 0.6 is 15.9 Å². The summed E-state index contributed by atoms with van der Waals surface area (Å²) in [6.45, 7) is 1.92. The smallest absolute Gasteiger partial charge is 0.240 e. The van der Waals surface area contributed by atoms with Crippen molar-refractivity contribution >= 4 is 31.6 Å². The number of halogens is 1. The summed E-state index contributed by atoms with van der Waals surface area (Å²) >= 11 is 3.25. The maximum atomic E-state index is 12.3. The van der Waals surface area contributed by atoms with Crippen LogP contribution in [0.2, 0.25) is 0 Å². The second-order valence-electron chi connectivity index (χ2n) is 4.62. The van der Waals surface area contributed by atoms with E-state index in [1.165, 1.54) is 6.07 Å². The highest BCUT2D eigenvalue weighted by molar-refractivity contribution is 9.10. The van der Waals surface area contributed by atoms with Crippen LogP contribution in [-0.2, 0) is 23.5 Å². The molecule has 0 aliphatic carbocycles. The van der Waals surface area contributed by atoms with Crippen molar-refractivity contribution in [2.45, 2.75) is 18.2 Å². The molecular weight excluding hydrogens is 358 g/mol. The van der Waals surface area contributed by atoms with E-state index in [4.69, 9.17) is 5.73 Å². The fourth-order valence-corrected chi connectivity index (χ4v) is 3.82. The summed E-state index contributed by atoms with van der Waals surface area (Å²) in [4.78, 5) is 0.173. The number of hydrogen-bond acceptors (Lipinski definition) is 5. The second-order valence-corrected chi connectivity index (χ2v) is 7.28. The minimum Gasteiger partial charge on any atom is -0.398 e. The van der Waals surface area contributed by atoms with Gasteiger partial charge in [-0.1, -0.05) is 15.9 Å². The Morgan fingerprint density at radius 2 is 2.14 bits per heavy atom. The first-order chi connectivity index (χ1) is 9.81. The SMILES string of the molecule is Cc1c(N)cc(Br)cc1S(=O)(=O)NCCc1nncn1C. The molecule has 0 aliphatic rings. The van der Waals surface area contributed by atoms with Crippen molar-refractivity contribution in [1.82, 2.24) is 19.5 Å². The lowest BCUT2D eigenvalue weighted by atomic mass is 10.2. The zero-order valence-electron chi connectivity index (χ0n) is 11.7. The zero-order chi connectivity index (χ0) is 15.6. The number of sulfonamides is 1. The average Bonchev–Trinajstić information content (AvgIpc) is 2.79. The summed E-state index contributed by atoms with van der Waals surface area (Å²) < 4.78 is 29.6. The Labute approximate surface area is 131 Å². The lowest BCUT2D eigenvalue weighted by Gasteiger charge is -2.11. The number of aromatic nitrogens is 3. The molecule has 9 heteroatoms. The third-order valence-corrected chi connectivity index (χ3v) is 5.15. The molecule has 1 aromatic carbocycles. The monoisotopic (exact) mass is 373 g/mol. The largest absolute Gasteiger partial charge is 0.398 e. The first kappa shape index (κ1) is 15.9. The summed E-state index contributed by atoms with van der Waals surface area (Å²) in [6, 6.07) is 3.21. The van der Waals surface area contributed by atoms with Crippen molar-refractivity contribution in [3.63, 3.8) is 0 Å². The molecule has 0 bridgehead atoms. The van der Waals surface area contributed by atoms with E-state index in [-0.39, 0.29) is 11.4 Å². The van der Waals surface area contributed by atoms with E-state index >= 15 is 0 Å². The van der Waals surface area contributed by atoms with Crippen LogP contribution in [0.3, 0.4) is 0 Å². The lowest BCUT2D eigenvalue weighted by Crippen LogP contribution is -2.27. The topological polar surface area (TPSA) is 103 Å². The van der Waals surface area contributed by atoms with Crippen LogP contribution in [0.5, 0.6) is 0 Å². The van der Waals surface area contributed by atoms with Crippen LogP contribution in [0.1, 0.15) is 11.4 Å². The molecular formula is C12H16BrN5O2S. The number of nitrogen functional groups attached to an aromatic ring is 1. The molecule has 21 heavy (non-hydrogen) atoms. The Morgan fingerprint density at radius 1 is 1.43 bits per heavy atom. The summed E-state index contributed by atoms with van der Waals surface area (Å²) in [5, 5.41) is 7.65. The highest BCUT2D eigenvalue weighted by Crippen LogP contribution is 2.26. The number of hydrogen-bond donors (Lipinski definition) is 2. The molecule has 0 aliphatic heterocycles. The van der Waals surface area contributed by atoms with E-state index in [0.717, 1.165) is 0 Å². The maximum Gasteiger partial charge on any atom is 0.240 e. The predicted octanol–water partition coefficient (Wildman–Crippen LogP) is 0.989. The summed E-state index contributed by atoms with van der Waals surface area (Å²) in [5.41, 5.74) is 6.76. The molecule has 7 nitrogen and oxygen atoms in total. The van der Waals surface area contributed by atoms with Crippen LogP contribution in [-0.4, -0.2) is 29.7 Å². The minimum atomic E-state index is -3.62. The Hall–Kier alpha value is -1.45. The number of rotatable bonds is 5. The normalized spacial score (nSPS) is 11.8. The Kier molecular flexibility index (Phi) is 4.64. The van der Waals surface area contributed by atoms with E-state index in [9.17, 15) is 8.42 Å². The number of nitrogens with two attached hydrogens (primary N) is 1.